The van der Waals surface area contributed by atoms with Gasteiger partial charge in [-0.25, -0.2) is 4.79 Å². The van der Waals surface area contributed by atoms with Crippen LogP contribution in [-0.2, 0) is 0 Å². The van der Waals surface area contributed by atoms with Crippen LogP contribution in [0.4, 0.5) is 4.79 Å². The lowest BCUT2D eigenvalue weighted by Crippen LogP contribution is -2.46. The minimum absolute atomic E-state index is 0.0250. The Balaban J connectivity index is 1.55. The van der Waals surface area contributed by atoms with Crippen LogP contribution in [0.25, 0.3) is 0 Å². The van der Waals surface area contributed by atoms with Gasteiger partial charge in [-0.05, 0) is 38.1 Å². The summed E-state index contributed by atoms with van der Waals surface area (Å²) in [4.78, 5) is 14.2. The highest BCUT2D eigenvalue weighted by atomic mass is 16.2. The van der Waals surface area contributed by atoms with Gasteiger partial charge in [-0.15, -0.1) is 0 Å². The zero-order valence-corrected chi connectivity index (χ0v) is 12.3. The smallest absolute Gasteiger partial charge is 0.315 e. The van der Waals surface area contributed by atoms with Crippen molar-refractivity contribution in [2.24, 2.45) is 5.92 Å². The Morgan fingerprint density at radius 1 is 1.16 bits per heavy atom. The lowest BCUT2D eigenvalue weighted by Gasteiger charge is -2.30. The van der Waals surface area contributed by atoms with Crippen LogP contribution in [0, 0.1) is 5.92 Å². The minimum atomic E-state index is 0.0250. The first-order chi connectivity index (χ1) is 9.24. The van der Waals surface area contributed by atoms with Crippen LogP contribution in [0.5, 0.6) is 0 Å². The summed E-state index contributed by atoms with van der Waals surface area (Å²) >= 11 is 0. The second kappa shape index (κ2) is 7.73. The molecule has 0 aromatic heterocycles. The van der Waals surface area contributed by atoms with Crippen LogP contribution in [0.1, 0.15) is 51.9 Å². The van der Waals surface area contributed by atoms with Crippen LogP contribution >= 0.6 is 0 Å². The molecule has 110 valence electrons. The Morgan fingerprint density at radius 3 is 2.68 bits per heavy atom. The first-order valence-corrected chi connectivity index (χ1v) is 8.01. The highest BCUT2D eigenvalue weighted by Gasteiger charge is 2.17. The van der Waals surface area contributed by atoms with Gasteiger partial charge >= 0.3 is 6.03 Å². The van der Waals surface area contributed by atoms with Gasteiger partial charge in [0.2, 0.25) is 0 Å². The number of nitrogens with zero attached hydrogens (tertiary/aromatic N) is 1. The molecule has 0 spiro atoms. The number of rotatable bonds is 4. The molecule has 1 unspecified atom stereocenters. The lowest BCUT2D eigenvalue weighted by atomic mass is 9.96. The van der Waals surface area contributed by atoms with Crippen molar-refractivity contribution in [3.63, 3.8) is 0 Å². The number of hydrogen-bond donors (Lipinski definition) is 2. The van der Waals surface area contributed by atoms with Gasteiger partial charge in [0.1, 0.15) is 0 Å². The Hall–Kier alpha value is -0.770. The molecular weight excluding hydrogens is 238 g/mol. The molecule has 2 N–H and O–H groups in total. The molecule has 2 amide bonds. The van der Waals surface area contributed by atoms with Crippen LogP contribution in [0.2, 0.25) is 0 Å². The third-order valence-electron chi connectivity index (χ3n) is 4.40. The van der Waals surface area contributed by atoms with Crippen molar-refractivity contribution in [3.8, 4) is 0 Å². The van der Waals surface area contributed by atoms with E-state index in [2.05, 4.69) is 22.5 Å². The Morgan fingerprint density at radius 2 is 1.95 bits per heavy atom. The van der Waals surface area contributed by atoms with E-state index in [-0.39, 0.29) is 6.03 Å². The zero-order valence-electron chi connectivity index (χ0n) is 12.3. The van der Waals surface area contributed by atoms with E-state index in [1.165, 1.54) is 45.2 Å². The van der Waals surface area contributed by atoms with Crippen molar-refractivity contribution < 1.29 is 4.79 Å². The fraction of sp³-hybridized carbons (Fsp3) is 0.933. The van der Waals surface area contributed by atoms with Gasteiger partial charge in [0.05, 0.1) is 0 Å². The van der Waals surface area contributed by atoms with Crippen molar-refractivity contribution in [1.82, 2.24) is 15.5 Å². The molecule has 2 aliphatic rings. The average molecular weight is 267 g/mol. The number of carbonyl (C=O) groups is 1. The van der Waals surface area contributed by atoms with Crippen LogP contribution in [0.15, 0.2) is 0 Å². The highest BCUT2D eigenvalue weighted by molar-refractivity contribution is 5.74. The van der Waals surface area contributed by atoms with E-state index in [0.717, 1.165) is 31.8 Å². The fourth-order valence-electron chi connectivity index (χ4n) is 3.30. The van der Waals surface area contributed by atoms with Gasteiger partial charge in [-0.2, -0.15) is 0 Å². The first kappa shape index (κ1) is 14.6. The number of carbonyl (C=O) groups excluding carboxylic acids is 1. The van der Waals surface area contributed by atoms with Crippen LogP contribution in [-0.4, -0.2) is 43.2 Å². The van der Waals surface area contributed by atoms with E-state index in [1.807, 2.05) is 0 Å². The predicted octanol–water partition coefficient (Wildman–Crippen LogP) is 2.35. The minimum Gasteiger partial charge on any atom is -0.337 e. The molecule has 4 heteroatoms. The van der Waals surface area contributed by atoms with Crippen LogP contribution < -0.4 is 10.6 Å². The molecule has 19 heavy (non-hydrogen) atoms. The lowest BCUT2D eigenvalue weighted by molar-refractivity contribution is 0.183. The zero-order chi connectivity index (χ0) is 13.5. The van der Waals surface area contributed by atoms with Gasteiger partial charge in [-0.3, -0.25) is 0 Å². The molecular formula is C15H29N3O. The first-order valence-electron chi connectivity index (χ1n) is 8.01. The summed E-state index contributed by atoms with van der Waals surface area (Å²) < 4.78 is 0. The van der Waals surface area contributed by atoms with Gasteiger partial charge in [0, 0.05) is 25.7 Å². The molecule has 0 aromatic carbocycles. The predicted molar refractivity (Wildman–Crippen MR) is 78.2 cm³/mol. The topological polar surface area (TPSA) is 44.4 Å². The summed E-state index contributed by atoms with van der Waals surface area (Å²) in [7, 11) is 0. The van der Waals surface area contributed by atoms with Crippen LogP contribution in [0.3, 0.4) is 0 Å². The summed E-state index contributed by atoms with van der Waals surface area (Å²) in [5, 5.41) is 6.10. The molecule has 1 saturated heterocycles. The summed E-state index contributed by atoms with van der Waals surface area (Å²) in [5.74, 6) is 0.810. The molecule has 0 aromatic rings. The Bertz CT molecular complexity index is 277. The quantitative estimate of drug-likeness (QED) is 0.821. The van der Waals surface area contributed by atoms with Gasteiger partial charge in [0.25, 0.3) is 0 Å². The Labute approximate surface area is 117 Å². The summed E-state index contributed by atoms with van der Waals surface area (Å²) in [6, 6.07) is 0.431. The highest BCUT2D eigenvalue weighted by Crippen LogP contribution is 2.17. The van der Waals surface area contributed by atoms with Gasteiger partial charge < -0.3 is 15.5 Å². The Kier molecular flexibility index (Phi) is 5.95. The summed E-state index contributed by atoms with van der Waals surface area (Å²) in [5.41, 5.74) is 0. The number of amides is 2. The van der Waals surface area contributed by atoms with E-state index in [4.69, 9.17) is 0 Å². The largest absolute Gasteiger partial charge is 0.337 e. The monoisotopic (exact) mass is 267 g/mol. The average Bonchev–Trinajstić information content (AvgIpc) is 2.40. The molecule has 1 heterocycles. The van der Waals surface area contributed by atoms with Gasteiger partial charge in [-0.1, -0.05) is 26.2 Å². The van der Waals surface area contributed by atoms with E-state index < -0.39 is 0 Å². The molecule has 1 atom stereocenters. The normalized spacial score (nSPS) is 26.1. The maximum atomic E-state index is 11.8. The molecule has 2 fully saturated rings. The van der Waals surface area contributed by atoms with E-state index in [1.54, 1.807) is 0 Å². The molecule has 1 aliphatic carbocycles. The summed E-state index contributed by atoms with van der Waals surface area (Å²) in [6.45, 7) is 6.45. The third kappa shape index (κ3) is 5.39. The van der Waals surface area contributed by atoms with Crippen molar-refractivity contribution in [3.05, 3.63) is 0 Å². The number of likely N-dealkylation sites (tertiary alicyclic amines) is 1. The number of piperidine rings is 1. The van der Waals surface area contributed by atoms with E-state index in [0.29, 0.717) is 6.04 Å². The second-order valence-electron chi connectivity index (χ2n) is 6.28. The molecule has 4 nitrogen and oxygen atoms in total. The standard InChI is InChI=1S/C15H29N3O/c1-13-6-5-10-18(12-13)11-9-16-15(19)17-14-7-3-2-4-8-14/h13-14H,2-12H2,1H3,(H2,16,17,19). The second-order valence-corrected chi connectivity index (χ2v) is 6.28. The number of hydrogen-bond acceptors (Lipinski definition) is 2. The van der Waals surface area contributed by atoms with Crippen molar-refractivity contribution in [2.75, 3.05) is 26.2 Å². The molecule has 2 rings (SSSR count). The molecule has 1 saturated carbocycles. The molecule has 0 radical (unpaired) electrons. The van der Waals surface area contributed by atoms with Crippen molar-refractivity contribution >= 4 is 6.03 Å². The summed E-state index contributed by atoms with van der Waals surface area (Å²) in [6.07, 6.45) is 8.80. The van der Waals surface area contributed by atoms with Gasteiger partial charge in [0.15, 0.2) is 0 Å². The molecule has 1 aliphatic heterocycles. The van der Waals surface area contributed by atoms with E-state index in [9.17, 15) is 4.79 Å². The van der Waals surface area contributed by atoms with Crippen molar-refractivity contribution in [1.29, 1.82) is 0 Å². The molecule has 0 bridgehead atoms. The number of urea groups is 1. The third-order valence-corrected chi connectivity index (χ3v) is 4.40. The van der Waals surface area contributed by atoms with E-state index >= 15 is 0 Å². The number of nitrogens with one attached hydrogen (secondary N) is 2. The van der Waals surface area contributed by atoms with Crippen molar-refractivity contribution in [2.45, 2.75) is 57.9 Å². The fourth-order valence-corrected chi connectivity index (χ4v) is 3.30. The maximum absolute atomic E-state index is 11.8. The SMILES string of the molecule is CC1CCCN(CCNC(=O)NC2CCCCC2)C1. The maximum Gasteiger partial charge on any atom is 0.315 e.